The normalized spacial score (nSPS) is 11.5. The summed E-state index contributed by atoms with van der Waals surface area (Å²) in [5.74, 6) is -0.215. The van der Waals surface area contributed by atoms with Crippen molar-refractivity contribution in [3.63, 3.8) is 0 Å². The Kier molecular flexibility index (Phi) is 3.57. The van der Waals surface area contributed by atoms with Gasteiger partial charge in [0.15, 0.2) is 0 Å². The molecule has 0 atom stereocenters. The Balaban J connectivity index is 2.91. The first-order valence-electron chi connectivity index (χ1n) is 4.95. The zero-order valence-electron chi connectivity index (χ0n) is 9.59. The van der Waals surface area contributed by atoms with Gasteiger partial charge in [0, 0.05) is 0 Å². The maximum atomic E-state index is 11.8. The topological polar surface area (TPSA) is 52.3 Å². The van der Waals surface area contributed by atoms with Crippen molar-refractivity contribution < 1.29 is 9.22 Å². The van der Waals surface area contributed by atoms with E-state index in [1.807, 2.05) is 32.6 Å². The molecule has 0 bridgehead atoms. The van der Waals surface area contributed by atoms with Gasteiger partial charge < -0.3 is 10.2 Å². The van der Waals surface area contributed by atoms with Crippen molar-refractivity contribution >= 4 is 30.6 Å². The monoisotopic (exact) mass is 243 g/mol. The van der Waals surface area contributed by atoms with Crippen molar-refractivity contribution in [2.75, 3.05) is 5.73 Å². The van der Waals surface area contributed by atoms with Crippen LogP contribution in [0.1, 0.15) is 22.2 Å². The van der Waals surface area contributed by atoms with Crippen molar-refractivity contribution in [2.45, 2.75) is 33.0 Å². The third kappa shape index (κ3) is 3.35. The van der Waals surface area contributed by atoms with E-state index >= 15 is 0 Å². The molecule has 0 radical (unpaired) electrons. The highest BCUT2D eigenvalue weighted by molar-refractivity contribution is 7.18. The van der Waals surface area contributed by atoms with Gasteiger partial charge in [0.2, 0.25) is 8.32 Å². The summed E-state index contributed by atoms with van der Waals surface area (Å²) in [5.41, 5.74) is 6.67. The molecule has 0 aromatic carbocycles. The highest BCUT2D eigenvalue weighted by atomic mass is 32.1. The van der Waals surface area contributed by atoms with E-state index in [-0.39, 0.29) is 5.97 Å². The molecule has 2 N–H and O–H groups in total. The van der Waals surface area contributed by atoms with Crippen LogP contribution in [0.15, 0.2) is 6.07 Å². The summed E-state index contributed by atoms with van der Waals surface area (Å²) in [5, 5.41) is 0.675. The van der Waals surface area contributed by atoms with E-state index in [9.17, 15) is 4.79 Å². The van der Waals surface area contributed by atoms with Gasteiger partial charge in [0.1, 0.15) is 4.88 Å². The molecule has 0 aliphatic heterocycles. The van der Waals surface area contributed by atoms with Gasteiger partial charge in [0.05, 0.1) is 5.00 Å². The zero-order valence-corrected chi connectivity index (χ0v) is 11.4. The van der Waals surface area contributed by atoms with Crippen LogP contribution in [0.5, 0.6) is 0 Å². The van der Waals surface area contributed by atoms with Gasteiger partial charge in [0.25, 0.3) is 0 Å². The lowest BCUT2D eigenvalue weighted by atomic mass is 10.2. The van der Waals surface area contributed by atoms with E-state index in [0.717, 1.165) is 12.0 Å². The smallest absolute Gasteiger partial charge is 0.335 e. The largest absolute Gasteiger partial charge is 0.516 e. The van der Waals surface area contributed by atoms with Gasteiger partial charge >= 0.3 is 5.97 Å². The standard InChI is InChI=1S/C10H17NO2SSi/c1-5-7-6-8(11)14-9(7)10(12)13-15(2,3)4/h6H,5,11H2,1-4H3. The van der Waals surface area contributed by atoms with Crippen LogP contribution in [0.2, 0.25) is 19.6 Å². The highest BCUT2D eigenvalue weighted by Gasteiger charge is 2.23. The van der Waals surface area contributed by atoms with Crippen LogP contribution >= 0.6 is 11.3 Å². The molecule has 0 saturated carbocycles. The fourth-order valence-electron chi connectivity index (χ4n) is 1.21. The minimum absolute atomic E-state index is 0.215. The molecule has 84 valence electrons. The Labute approximate surface area is 95.4 Å². The summed E-state index contributed by atoms with van der Waals surface area (Å²) < 4.78 is 5.43. The van der Waals surface area contributed by atoms with Gasteiger partial charge in [-0.15, -0.1) is 11.3 Å². The van der Waals surface area contributed by atoms with E-state index in [2.05, 4.69) is 0 Å². The SMILES string of the molecule is CCc1cc(N)sc1C(=O)O[Si](C)(C)C. The Hall–Kier alpha value is -0.813. The van der Waals surface area contributed by atoms with Crippen LogP contribution in [0.25, 0.3) is 0 Å². The first kappa shape index (κ1) is 12.3. The van der Waals surface area contributed by atoms with Crippen LogP contribution < -0.4 is 5.73 Å². The fourth-order valence-corrected chi connectivity index (χ4v) is 2.84. The van der Waals surface area contributed by atoms with Gasteiger partial charge in [-0.05, 0) is 37.7 Å². The summed E-state index contributed by atoms with van der Waals surface area (Å²) in [4.78, 5) is 12.5. The first-order chi connectivity index (χ1) is 6.83. The number of hydrogen-bond acceptors (Lipinski definition) is 4. The zero-order chi connectivity index (χ0) is 11.6. The number of anilines is 1. The van der Waals surface area contributed by atoms with Gasteiger partial charge in [-0.2, -0.15) is 0 Å². The number of nitrogens with two attached hydrogens (primary N) is 1. The van der Waals surface area contributed by atoms with Crippen molar-refractivity contribution in [1.82, 2.24) is 0 Å². The number of nitrogen functional groups attached to an aromatic ring is 1. The molecule has 3 nitrogen and oxygen atoms in total. The molecule has 0 spiro atoms. The Bertz CT molecular complexity index is 368. The molecule has 0 fully saturated rings. The number of hydrogen-bond donors (Lipinski definition) is 1. The van der Waals surface area contributed by atoms with Crippen LogP contribution in [0.4, 0.5) is 5.00 Å². The average molecular weight is 243 g/mol. The predicted octanol–water partition coefficient (Wildman–Crippen LogP) is 2.88. The average Bonchev–Trinajstić information content (AvgIpc) is 2.43. The van der Waals surface area contributed by atoms with Crippen molar-refractivity contribution in [2.24, 2.45) is 0 Å². The minimum atomic E-state index is -1.81. The molecule has 15 heavy (non-hydrogen) atoms. The molecule has 0 saturated heterocycles. The van der Waals surface area contributed by atoms with E-state index < -0.39 is 8.32 Å². The third-order valence-electron chi connectivity index (χ3n) is 1.79. The van der Waals surface area contributed by atoms with Gasteiger partial charge in [-0.1, -0.05) is 6.92 Å². The Morgan fingerprint density at radius 2 is 2.13 bits per heavy atom. The molecule has 1 aromatic heterocycles. The second-order valence-corrected chi connectivity index (χ2v) is 9.87. The van der Waals surface area contributed by atoms with E-state index in [0.29, 0.717) is 9.88 Å². The summed E-state index contributed by atoms with van der Waals surface area (Å²) in [6, 6.07) is 1.85. The molecule has 1 rings (SSSR count). The van der Waals surface area contributed by atoms with Gasteiger partial charge in [-0.25, -0.2) is 4.79 Å². The molecule has 5 heteroatoms. The molecule has 0 unspecified atom stereocenters. The summed E-state index contributed by atoms with van der Waals surface area (Å²) in [7, 11) is -1.81. The lowest BCUT2D eigenvalue weighted by Crippen LogP contribution is -2.29. The number of thiophene rings is 1. The third-order valence-corrected chi connectivity index (χ3v) is 3.58. The molecule has 1 aromatic rings. The molecular weight excluding hydrogens is 226 g/mol. The Morgan fingerprint density at radius 1 is 1.53 bits per heavy atom. The van der Waals surface area contributed by atoms with Crippen LogP contribution in [-0.4, -0.2) is 14.3 Å². The minimum Gasteiger partial charge on any atom is -0.516 e. The van der Waals surface area contributed by atoms with Crippen molar-refractivity contribution in [1.29, 1.82) is 0 Å². The lowest BCUT2D eigenvalue weighted by Gasteiger charge is -2.16. The highest BCUT2D eigenvalue weighted by Crippen LogP contribution is 2.26. The maximum absolute atomic E-state index is 11.8. The fraction of sp³-hybridized carbons (Fsp3) is 0.500. The van der Waals surface area contributed by atoms with Crippen LogP contribution in [0.3, 0.4) is 0 Å². The second-order valence-electron chi connectivity index (χ2n) is 4.36. The molecule has 0 aliphatic carbocycles. The van der Waals surface area contributed by atoms with Gasteiger partial charge in [-0.3, -0.25) is 0 Å². The Morgan fingerprint density at radius 3 is 2.60 bits per heavy atom. The summed E-state index contributed by atoms with van der Waals surface area (Å²) >= 11 is 1.31. The van der Waals surface area contributed by atoms with Crippen molar-refractivity contribution in [3.05, 3.63) is 16.5 Å². The quantitative estimate of drug-likeness (QED) is 0.831. The predicted molar refractivity (Wildman–Crippen MR) is 66.9 cm³/mol. The van der Waals surface area contributed by atoms with E-state index in [4.69, 9.17) is 10.2 Å². The van der Waals surface area contributed by atoms with Crippen LogP contribution in [0, 0.1) is 0 Å². The van der Waals surface area contributed by atoms with E-state index in [1.165, 1.54) is 11.3 Å². The number of carbonyl (C=O) groups is 1. The second kappa shape index (κ2) is 4.36. The first-order valence-corrected chi connectivity index (χ1v) is 9.17. The summed E-state index contributed by atoms with van der Waals surface area (Å²) in [6.07, 6.45) is 0.809. The molecule has 1 heterocycles. The van der Waals surface area contributed by atoms with Crippen molar-refractivity contribution in [3.8, 4) is 0 Å². The summed E-state index contributed by atoms with van der Waals surface area (Å²) in [6.45, 7) is 7.99. The number of carbonyl (C=O) groups excluding carboxylic acids is 1. The van der Waals surface area contributed by atoms with Crippen LogP contribution in [-0.2, 0) is 10.8 Å². The molecule has 0 amide bonds. The maximum Gasteiger partial charge on any atom is 0.335 e. The number of aryl methyl sites for hydroxylation is 1. The molecular formula is C10H17NO2SSi. The molecule has 0 aliphatic rings. The lowest BCUT2D eigenvalue weighted by molar-refractivity contribution is 0.0729. The number of rotatable bonds is 3. The van der Waals surface area contributed by atoms with E-state index in [1.54, 1.807) is 0 Å².